The van der Waals surface area contributed by atoms with Crippen molar-refractivity contribution in [3.63, 3.8) is 0 Å². The van der Waals surface area contributed by atoms with Gasteiger partial charge < -0.3 is 5.32 Å². The van der Waals surface area contributed by atoms with Crippen molar-refractivity contribution in [1.82, 2.24) is 5.32 Å². The Bertz CT molecular complexity index is 780. The molecule has 0 bridgehead atoms. The van der Waals surface area contributed by atoms with E-state index in [-0.39, 0.29) is 11.9 Å². The summed E-state index contributed by atoms with van der Waals surface area (Å²) in [6.07, 6.45) is 0. The number of fused-ring (bicyclic) bond motifs is 1. The SMILES string of the molecule is CNC(c1ccc(Br)c(F)c1)c1cccc2ccccc12. The van der Waals surface area contributed by atoms with E-state index in [1.54, 1.807) is 12.1 Å². The molecule has 0 aliphatic heterocycles. The molecular formula is C18H15BrFN. The van der Waals surface area contributed by atoms with Crippen molar-refractivity contribution in [1.29, 1.82) is 0 Å². The lowest BCUT2D eigenvalue weighted by Gasteiger charge is -2.19. The van der Waals surface area contributed by atoms with Crippen LogP contribution in [0.15, 0.2) is 65.1 Å². The van der Waals surface area contributed by atoms with Gasteiger partial charge in [0, 0.05) is 0 Å². The third-order valence-corrected chi connectivity index (χ3v) is 4.34. The Hall–Kier alpha value is -1.71. The molecule has 1 nitrogen and oxygen atoms in total. The Balaban J connectivity index is 2.16. The summed E-state index contributed by atoms with van der Waals surface area (Å²) in [5.74, 6) is -0.243. The number of benzene rings is 3. The maximum absolute atomic E-state index is 13.8. The molecule has 0 fully saturated rings. The minimum absolute atomic E-state index is 0.0429. The van der Waals surface area contributed by atoms with Gasteiger partial charge in [-0.05, 0) is 57.0 Å². The van der Waals surface area contributed by atoms with Gasteiger partial charge in [-0.3, -0.25) is 0 Å². The van der Waals surface area contributed by atoms with Gasteiger partial charge in [-0.2, -0.15) is 0 Å². The zero-order chi connectivity index (χ0) is 14.8. The summed E-state index contributed by atoms with van der Waals surface area (Å²) in [5.41, 5.74) is 2.06. The summed E-state index contributed by atoms with van der Waals surface area (Å²) in [6, 6.07) is 19.7. The van der Waals surface area contributed by atoms with E-state index in [2.05, 4.69) is 45.5 Å². The fourth-order valence-electron chi connectivity index (χ4n) is 2.70. The molecule has 3 rings (SSSR count). The van der Waals surface area contributed by atoms with Gasteiger partial charge in [-0.25, -0.2) is 4.39 Å². The largest absolute Gasteiger partial charge is 0.309 e. The van der Waals surface area contributed by atoms with Gasteiger partial charge in [0.1, 0.15) is 5.82 Å². The van der Waals surface area contributed by atoms with Gasteiger partial charge in [-0.15, -0.1) is 0 Å². The number of hydrogen-bond donors (Lipinski definition) is 1. The third kappa shape index (κ3) is 2.71. The van der Waals surface area contributed by atoms with Crippen LogP contribution in [0.5, 0.6) is 0 Å². The third-order valence-electron chi connectivity index (χ3n) is 3.70. The quantitative estimate of drug-likeness (QED) is 0.701. The highest BCUT2D eigenvalue weighted by atomic mass is 79.9. The van der Waals surface area contributed by atoms with Crippen molar-refractivity contribution in [3.8, 4) is 0 Å². The van der Waals surface area contributed by atoms with Crippen LogP contribution in [0.25, 0.3) is 10.8 Å². The molecule has 3 aromatic rings. The fraction of sp³-hybridized carbons (Fsp3) is 0.111. The van der Waals surface area contributed by atoms with Crippen molar-refractivity contribution >= 4 is 26.7 Å². The van der Waals surface area contributed by atoms with E-state index in [0.29, 0.717) is 4.47 Å². The standard InChI is InChI=1S/C18H15BrFN/c1-21-18(13-9-10-16(19)17(20)11-13)15-8-4-6-12-5-2-3-7-14(12)15/h2-11,18,21H,1H3. The Morgan fingerprint density at radius 3 is 2.52 bits per heavy atom. The van der Waals surface area contributed by atoms with Crippen molar-refractivity contribution in [3.05, 3.63) is 82.1 Å². The Morgan fingerprint density at radius 2 is 1.76 bits per heavy atom. The molecule has 21 heavy (non-hydrogen) atoms. The molecule has 0 heterocycles. The second-order valence-corrected chi connectivity index (χ2v) is 5.82. The van der Waals surface area contributed by atoms with Gasteiger partial charge in [0.15, 0.2) is 0 Å². The summed E-state index contributed by atoms with van der Waals surface area (Å²) in [5, 5.41) is 5.66. The molecule has 106 valence electrons. The lowest BCUT2D eigenvalue weighted by atomic mass is 9.94. The highest BCUT2D eigenvalue weighted by Gasteiger charge is 2.15. The molecule has 0 radical (unpaired) electrons. The van der Waals surface area contributed by atoms with Crippen LogP contribution < -0.4 is 5.32 Å². The molecule has 0 spiro atoms. The van der Waals surface area contributed by atoms with E-state index >= 15 is 0 Å². The molecule has 0 aliphatic rings. The average Bonchev–Trinajstić information content (AvgIpc) is 2.52. The first-order valence-electron chi connectivity index (χ1n) is 6.80. The van der Waals surface area contributed by atoms with Crippen LogP contribution in [-0.4, -0.2) is 7.05 Å². The van der Waals surface area contributed by atoms with Gasteiger partial charge in [0.2, 0.25) is 0 Å². The molecule has 0 saturated heterocycles. The normalized spacial score (nSPS) is 12.5. The lowest BCUT2D eigenvalue weighted by Crippen LogP contribution is -2.18. The lowest BCUT2D eigenvalue weighted by molar-refractivity contribution is 0.611. The van der Waals surface area contributed by atoms with Crippen molar-refractivity contribution in [2.24, 2.45) is 0 Å². The molecule has 0 aromatic heterocycles. The van der Waals surface area contributed by atoms with Gasteiger partial charge in [0.25, 0.3) is 0 Å². The van der Waals surface area contributed by atoms with Crippen molar-refractivity contribution in [2.75, 3.05) is 7.05 Å². The molecule has 0 aliphatic carbocycles. The Labute approximate surface area is 131 Å². The molecule has 1 unspecified atom stereocenters. The van der Waals surface area contributed by atoms with E-state index in [1.807, 2.05) is 31.3 Å². The van der Waals surface area contributed by atoms with Crippen molar-refractivity contribution in [2.45, 2.75) is 6.04 Å². The summed E-state index contributed by atoms with van der Waals surface area (Å²) >= 11 is 3.20. The van der Waals surface area contributed by atoms with Gasteiger partial charge in [0.05, 0.1) is 10.5 Å². The predicted octanol–water partition coefficient (Wildman–Crippen LogP) is 5.05. The second kappa shape index (κ2) is 5.96. The maximum Gasteiger partial charge on any atom is 0.137 e. The minimum atomic E-state index is -0.243. The maximum atomic E-state index is 13.8. The number of halogens is 2. The first-order valence-corrected chi connectivity index (χ1v) is 7.60. The summed E-state index contributed by atoms with van der Waals surface area (Å²) < 4.78 is 14.3. The van der Waals surface area contributed by atoms with Crippen LogP contribution in [0.2, 0.25) is 0 Å². The van der Waals surface area contributed by atoms with Crippen LogP contribution in [0.3, 0.4) is 0 Å². The summed E-state index contributed by atoms with van der Waals surface area (Å²) in [4.78, 5) is 0. The van der Waals surface area contributed by atoms with Crippen LogP contribution in [-0.2, 0) is 0 Å². The molecule has 0 saturated carbocycles. The monoisotopic (exact) mass is 343 g/mol. The average molecular weight is 344 g/mol. The second-order valence-electron chi connectivity index (χ2n) is 4.96. The van der Waals surface area contributed by atoms with Crippen LogP contribution in [0, 0.1) is 5.82 Å². The van der Waals surface area contributed by atoms with Gasteiger partial charge >= 0.3 is 0 Å². The predicted molar refractivity (Wildman–Crippen MR) is 89.0 cm³/mol. The van der Waals surface area contributed by atoms with Crippen LogP contribution in [0.4, 0.5) is 4.39 Å². The first kappa shape index (κ1) is 14.2. The Morgan fingerprint density at radius 1 is 1.00 bits per heavy atom. The highest BCUT2D eigenvalue weighted by molar-refractivity contribution is 9.10. The summed E-state index contributed by atoms with van der Waals surface area (Å²) in [7, 11) is 1.90. The smallest absolute Gasteiger partial charge is 0.137 e. The van der Waals surface area contributed by atoms with E-state index in [9.17, 15) is 4.39 Å². The summed E-state index contributed by atoms with van der Waals surface area (Å²) in [6.45, 7) is 0. The first-order chi connectivity index (χ1) is 10.2. The number of nitrogens with one attached hydrogen (secondary N) is 1. The van der Waals surface area contributed by atoms with Gasteiger partial charge in [-0.1, -0.05) is 48.5 Å². The van der Waals surface area contributed by atoms with E-state index < -0.39 is 0 Å². The molecule has 3 heteroatoms. The minimum Gasteiger partial charge on any atom is -0.309 e. The molecule has 0 amide bonds. The van der Waals surface area contributed by atoms with Crippen molar-refractivity contribution < 1.29 is 4.39 Å². The number of hydrogen-bond acceptors (Lipinski definition) is 1. The fourth-order valence-corrected chi connectivity index (χ4v) is 2.94. The molecular weight excluding hydrogens is 329 g/mol. The van der Waals surface area contributed by atoms with E-state index in [0.717, 1.165) is 11.1 Å². The van der Waals surface area contributed by atoms with E-state index in [4.69, 9.17) is 0 Å². The molecule has 1 atom stereocenters. The number of rotatable bonds is 3. The van der Waals surface area contributed by atoms with Crippen LogP contribution >= 0.6 is 15.9 Å². The molecule has 3 aromatic carbocycles. The zero-order valence-corrected chi connectivity index (χ0v) is 13.2. The molecule has 1 N–H and O–H groups in total. The van der Waals surface area contributed by atoms with Crippen LogP contribution in [0.1, 0.15) is 17.2 Å². The zero-order valence-electron chi connectivity index (χ0n) is 11.6. The Kier molecular flexibility index (Phi) is 4.04. The van der Waals surface area contributed by atoms with E-state index in [1.165, 1.54) is 10.8 Å². The topological polar surface area (TPSA) is 12.0 Å². The highest BCUT2D eigenvalue weighted by Crippen LogP contribution is 2.30.